The molecule has 0 bridgehead atoms. The fourth-order valence-electron chi connectivity index (χ4n) is 2.69. The number of carbonyl (C=O) groups is 3. The van der Waals surface area contributed by atoms with Crippen molar-refractivity contribution in [2.45, 2.75) is 32.5 Å². The zero-order chi connectivity index (χ0) is 17.9. The third-order valence-electron chi connectivity index (χ3n) is 3.76. The number of carbonyl (C=O) groups excluding carboxylic acids is 3. The van der Waals surface area contributed by atoms with Gasteiger partial charge in [-0.3, -0.25) is 14.4 Å². The van der Waals surface area contributed by atoms with Gasteiger partial charge in [0.2, 0.25) is 5.91 Å². The molecule has 9 heteroatoms. The molecule has 4 N–H and O–H groups in total. The van der Waals surface area contributed by atoms with Crippen LogP contribution < -0.4 is 11.5 Å². The number of β-lactam (4-membered cyclic amide) rings is 1. The number of imide groups is 1. The molecule has 0 saturated carbocycles. The first-order valence-electron chi connectivity index (χ1n) is 7.55. The van der Waals surface area contributed by atoms with Gasteiger partial charge in [-0.1, -0.05) is 25.1 Å². The van der Waals surface area contributed by atoms with Crippen molar-refractivity contribution < 1.29 is 19.1 Å². The molecule has 1 aliphatic heterocycles. The van der Waals surface area contributed by atoms with Gasteiger partial charge in [-0.15, -0.1) is 12.4 Å². The van der Waals surface area contributed by atoms with Gasteiger partial charge in [0, 0.05) is 12.5 Å². The predicted octanol–water partition coefficient (Wildman–Crippen LogP) is 0.648. The molecular formula is C16H21ClN4O4. The van der Waals surface area contributed by atoms with Crippen molar-refractivity contribution in [2.75, 3.05) is 0 Å². The van der Waals surface area contributed by atoms with E-state index in [0.29, 0.717) is 12.0 Å². The number of ether oxygens (including phenoxy) is 1. The second-order valence-electron chi connectivity index (χ2n) is 5.43. The molecule has 0 aliphatic carbocycles. The molecule has 1 fully saturated rings. The van der Waals surface area contributed by atoms with Crippen LogP contribution in [0.2, 0.25) is 0 Å². The Balaban J connectivity index is 0.00000312. The number of guanidine groups is 1. The highest BCUT2D eigenvalue weighted by Crippen LogP contribution is 2.34. The number of hydrogen-bond donors (Lipinski definition) is 2. The second-order valence-corrected chi connectivity index (χ2v) is 5.43. The van der Waals surface area contributed by atoms with Crippen molar-refractivity contribution in [2.24, 2.45) is 22.4 Å². The third-order valence-corrected chi connectivity index (χ3v) is 3.76. The van der Waals surface area contributed by atoms with E-state index in [2.05, 4.69) is 4.99 Å². The Hall–Kier alpha value is -2.61. The summed E-state index contributed by atoms with van der Waals surface area (Å²) in [6, 6.07) is 7.73. The third kappa shape index (κ3) is 4.27. The van der Waals surface area contributed by atoms with E-state index in [0.717, 1.165) is 4.90 Å². The molecule has 1 aromatic rings. The average molecular weight is 369 g/mol. The van der Waals surface area contributed by atoms with Crippen LogP contribution in [0.1, 0.15) is 30.6 Å². The number of amides is 2. The molecular weight excluding hydrogens is 348 g/mol. The Bertz CT molecular complexity index is 676. The number of benzene rings is 1. The van der Waals surface area contributed by atoms with E-state index in [1.54, 1.807) is 37.3 Å². The molecule has 0 spiro atoms. The molecule has 3 unspecified atom stereocenters. The Labute approximate surface area is 151 Å². The maximum absolute atomic E-state index is 12.5. The van der Waals surface area contributed by atoms with Gasteiger partial charge < -0.3 is 16.2 Å². The summed E-state index contributed by atoms with van der Waals surface area (Å²) >= 11 is 0. The highest BCUT2D eigenvalue weighted by Gasteiger charge is 2.56. The highest BCUT2D eigenvalue weighted by atomic mass is 35.5. The molecule has 2 rings (SSSR count). The molecule has 136 valence electrons. The summed E-state index contributed by atoms with van der Waals surface area (Å²) in [5, 5.41) is 0. The van der Waals surface area contributed by atoms with Crippen LogP contribution in [0, 0.1) is 5.92 Å². The lowest BCUT2D eigenvalue weighted by atomic mass is 9.86. The number of hydrogen-bond acceptors (Lipinski definition) is 5. The standard InChI is InChI=1S/C16H20N4O4.ClH/c1-3-11(19-16(17)18)12-14(23)20(15(12)24-9(2)21)13(22)10-7-5-4-6-8-10;/h4-8,11-12,15H,3H2,1-2H3,(H4,17,18,19);1H. The maximum atomic E-state index is 12.5. The Morgan fingerprint density at radius 2 is 1.88 bits per heavy atom. The van der Waals surface area contributed by atoms with Crippen molar-refractivity contribution in [3.05, 3.63) is 35.9 Å². The van der Waals surface area contributed by atoms with Crippen molar-refractivity contribution >= 4 is 36.2 Å². The van der Waals surface area contributed by atoms with Crippen LogP contribution in [-0.4, -0.2) is 40.9 Å². The molecule has 1 heterocycles. The summed E-state index contributed by atoms with van der Waals surface area (Å²) in [6.07, 6.45) is -0.560. The Morgan fingerprint density at radius 3 is 2.36 bits per heavy atom. The van der Waals surface area contributed by atoms with E-state index in [1.807, 2.05) is 0 Å². The van der Waals surface area contributed by atoms with Crippen molar-refractivity contribution in [1.29, 1.82) is 0 Å². The molecule has 1 saturated heterocycles. The van der Waals surface area contributed by atoms with Crippen LogP contribution >= 0.6 is 12.4 Å². The topological polar surface area (TPSA) is 128 Å². The van der Waals surface area contributed by atoms with Gasteiger partial charge in [0.15, 0.2) is 12.2 Å². The number of esters is 1. The number of nitrogens with two attached hydrogens (primary N) is 2. The lowest BCUT2D eigenvalue weighted by Crippen LogP contribution is -2.67. The maximum Gasteiger partial charge on any atom is 0.304 e. The Morgan fingerprint density at radius 1 is 1.28 bits per heavy atom. The van der Waals surface area contributed by atoms with Crippen LogP contribution in [0.25, 0.3) is 0 Å². The van der Waals surface area contributed by atoms with Gasteiger partial charge in [-0.25, -0.2) is 9.89 Å². The van der Waals surface area contributed by atoms with E-state index in [1.165, 1.54) is 6.92 Å². The van der Waals surface area contributed by atoms with Crippen LogP contribution in [0.3, 0.4) is 0 Å². The lowest BCUT2D eigenvalue weighted by Gasteiger charge is -2.46. The molecule has 1 aliphatic rings. The minimum absolute atomic E-state index is 0. The summed E-state index contributed by atoms with van der Waals surface area (Å²) < 4.78 is 5.18. The SMILES string of the molecule is CCC(N=C(N)N)C1C(=O)N(C(=O)c2ccccc2)C1OC(C)=O.Cl. The molecule has 1 aromatic carbocycles. The zero-order valence-electron chi connectivity index (χ0n) is 13.9. The largest absolute Gasteiger partial charge is 0.440 e. The second kappa shape index (κ2) is 8.48. The van der Waals surface area contributed by atoms with Crippen molar-refractivity contribution in [3.63, 3.8) is 0 Å². The van der Waals surface area contributed by atoms with E-state index in [9.17, 15) is 14.4 Å². The molecule has 0 aromatic heterocycles. The van der Waals surface area contributed by atoms with Gasteiger partial charge in [0.25, 0.3) is 5.91 Å². The number of aliphatic imine (C=N–C) groups is 1. The van der Waals surface area contributed by atoms with Crippen LogP contribution in [-0.2, 0) is 14.3 Å². The summed E-state index contributed by atoms with van der Waals surface area (Å²) in [5.41, 5.74) is 11.1. The number of nitrogens with zero attached hydrogens (tertiary/aromatic N) is 2. The van der Waals surface area contributed by atoms with Crippen molar-refractivity contribution in [3.8, 4) is 0 Å². The quantitative estimate of drug-likeness (QED) is 0.258. The van der Waals surface area contributed by atoms with Crippen LogP contribution in [0.5, 0.6) is 0 Å². The van der Waals surface area contributed by atoms with Crippen molar-refractivity contribution in [1.82, 2.24) is 4.90 Å². The van der Waals surface area contributed by atoms with Crippen LogP contribution in [0.4, 0.5) is 0 Å². The summed E-state index contributed by atoms with van der Waals surface area (Å²) in [4.78, 5) is 41.4. The normalized spacial score (nSPS) is 19.9. The predicted molar refractivity (Wildman–Crippen MR) is 93.8 cm³/mol. The minimum Gasteiger partial charge on any atom is -0.440 e. The minimum atomic E-state index is -1.02. The van der Waals surface area contributed by atoms with E-state index < -0.39 is 36.0 Å². The van der Waals surface area contributed by atoms with Gasteiger partial charge >= 0.3 is 5.97 Å². The van der Waals surface area contributed by atoms with Gasteiger partial charge in [-0.05, 0) is 18.6 Å². The van der Waals surface area contributed by atoms with Gasteiger partial charge in [0.1, 0.15) is 5.92 Å². The van der Waals surface area contributed by atoms with Gasteiger partial charge in [0.05, 0.1) is 6.04 Å². The fraction of sp³-hybridized carbons (Fsp3) is 0.375. The van der Waals surface area contributed by atoms with E-state index >= 15 is 0 Å². The number of rotatable bonds is 5. The van der Waals surface area contributed by atoms with Crippen LogP contribution in [0.15, 0.2) is 35.3 Å². The molecule has 8 nitrogen and oxygen atoms in total. The van der Waals surface area contributed by atoms with E-state index in [-0.39, 0.29) is 18.4 Å². The monoisotopic (exact) mass is 368 g/mol. The summed E-state index contributed by atoms with van der Waals surface area (Å²) in [7, 11) is 0. The first kappa shape index (κ1) is 20.4. The smallest absolute Gasteiger partial charge is 0.304 e. The average Bonchev–Trinajstić information content (AvgIpc) is 2.53. The molecule has 25 heavy (non-hydrogen) atoms. The Kier molecular flexibility index (Phi) is 6.93. The lowest BCUT2D eigenvalue weighted by molar-refractivity contribution is -0.190. The van der Waals surface area contributed by atoms with Gasteiger partial charge in [-0.2, -0.15) is 0 Å². The van der Waals surface area contributed by atoms with E-state index in [4.69, 9.17) is 16.2 Å². The number of halogens is 1. The zero-order valence-corrected chi connectivity index (χ0v) is 14.7. The first-order chi connectivity index (χ1) is 11.4. The first-order valence-corrected chi connectivity index (χ1v) is 7.55. The molecule has 0 radical (unpaired) electrons. The molecule has 3 atom stereocenters. The summed E-state index contributed by atoms with van der Waals surface area (Å²) in [5.74, 6) is -2.53. The summed E-state index contributed by atoms with van der Waals surface area (Å²) in [6.45, 7) is 3.02. The number of likely N-dealkylation sites (tertiary alicyclic amines) is 1. The highest BCUT2D eigenvalue weighted by molar-refractivity contribution is 6.09. The fourth-order valence-corrected chi connectivity index (χ4v) is 2.69. The molecule has 2 amide bonds.